The van der Waals surface area contributed by atoms with Crippen molar-refractivity contribution in [1.82, 2.24) is 4.90 Å². The molecule has 0 radical (unpaired) electrons. The maximum absolute atomic E-state index is 11.0. The van der Waals surface area contributed by atoms with Crippen molar-refractivity contribution in [3.63, 3.8) is 0 Å². The second-order valence-electron chi connectivity index (χ2n) is 4.94. The summed E-state index contributed by atoms with van der Waals surface area (Å²) in [7, 11) is 0. The Morgan fingerprint density at radius 1 is 1.24 bits per heavy atom. The first-order valence-electron chi connectivity index (χ1n) is 7.26. The number of hydrogen-bond acceptors (Lipinski definition) is 6. The molecule has 1 saturated heterocycles. The van der Waals surface area contributed by atoms with Gasteiger partial charge in [0.25, 0.3) is 5.69 Å². The quantitative estimate of drug-likeness (QED) is 0.595. The minimum Gasteiger partial charge on any atom is -0.385 e. The van der Waals surface area contributed by atoms with Crippen LogP contribution < -0.4 is 10.6 Å². The highest BCUT2D eigenvalue weighted by molar-refractivity contribution is 7.99. The number of hydrogen-bond donors (Lipinski definition) is 2. The standard InChI is InChI=1S/C14H22N4O2S/c1-2-15-12-9-13(11-14(10-12)18(19)20)16-3-4-17-5-7-21-8-6-17/h9-11,15-16H,2-8H2,1H3. The van der Waals surface area contributed by atoms with E-state index in [4.69, 9.17) is 0 Å². The van der Waals surface area contributed by atoms with Crippen LogP contribution in [0.2, 0.25) is 0 Å². The topological polar surface area (TPSA) is 70.4 Å². The first-order valence-corrected chi connectivity index (χ1v) is 8.42. The van der Waals surface area contributed by atoms with Crippen molar-refractivity contribution in [3.05, 3.63) is 28.3 Å². The van der Waals surface area contributed by atoms with E-state index in [1.54, 1.807) is 12.1 Å². The van der Waals surface area contributed by atoms with E-state index < -0.39 is 0 Å². The van der Waals surface area contributed by atoms with Gasteiger partial charge in [0.1, 0.15) is 0 Å². The van der Waals surface area contributed by atoms with E-state index in [0.29, 0.717) is 0 Å². The lowest BCUT2D eigenvalue weighted by molar-refractivity contribution is -0.384. The van der Waals surface area contributed by atoms with Crippen molar-refractivity contribution < 1.29 is 4.92 Å². The van der Waals surface area contributed by atoms with Crippen LogP contribution in [0.4, 0.5) is 17.1 Å². The van der Waals surface area contributed by atoms with Crippen LogP contribution in [-0.4, -0.2) is 54.1 Å². The Kier molecular flexibility index (Phi) is 6.13. The molecular weight excluding hydrogens is 288 g/mol. The lowest BCUT2D eigenvalue weighted by Crippen LogP contribution is -2.36. The molecular formula is C14H22N4O2S. The molecule has 1 aliphatic heterocycles. The summed E-state index contributed by atoms with van der Waals surface area (Å²) < 4.78 is 0. The van der Waals surface area contributed by atoms with Crippen LogP contribution in [0.1, 0.15) is 6.92 Å². The average molecular weight is 310 g/mol. The van der Waals surface area contributed by atoms with Crippen LogP contribution in [0, 0.1) is 10.1 Å². The minimum absolute atomic E-state index is 0.116. The smallest absolute Gasteiger partial charge is 0.273 e. The summed E-state index contributed by atoms with van der Waals surface area (Å²) in [6.45, 7) is 6.75. The van der Waals surface area contributed by atoms with Crippen LogP contribution >= 0.6 is 11.8 Å². The van der Waals surface area contributed by atoms with Gasteiger partial charge in [0, 0.05) is 67.7 Å². The van der Waals surface area contributed by atoms with E-state index in [-0.39, 0.29) is 10.6 Å². The van der Waals surface area contributed by atoms with E-state index >= 15 is 0 Å². The normalized spacial score (nSPS) is 15.7. The van der Waals surface area contributed by atoms with E-state index in [9.17, 15) is 10.1 Å². The zero-order chi connectivity index (χ0) is 15.1. The van der Waals surface area contributed by atoms with Crippen molar-refractivity contribution in [2.75, 3.05) is 54.9 Å². The minimum atomic E-state index is -0.353. The molecule has 0 aromatic heterocycles. The fourth-order valence-electron chi connectivity index (χ4n) is 2.31. The highest BCUT2D eigenvalue weighted by atomic mass is 32.2. The predicted octanol–water partition coefficient (Wildman–Crippen LogP) is 2.49. The molecule has 0 saturated carbocycles. The summed E-state index contributed by atoms with van der Waals surface area (Å²) in [4.78, 5) is 13.0. The van der Waals surface area contributed by atoms with Gasteiger partial charge < -0.3 is 10.6 Å². The van der Waals surface area contributed by atoms with Crippen molar-refractivity contribution in [2.45, 2.75) is 6.92 Å². The molecule has 1 aliphatic rings. The molecule has 7 heteroatoms. The Morgan fingerprint density at radius 2 is 1.90 bits per heavy atom. The largest absolute Gasteiger partial charge is 0.385 e. The first-order chi connectivity index (χ1) is 10.2. The van der Waals surface area contributed by atoms with Crippen LogP contribution in [-0.2, 0) is 0 Å². The Bertz CT molecular complexity index is 478. The summed E-state index contributed by atoms with van der Waals surface area (Å²) in [6.07, 6.45) is 0. The number of thioether (sulfide) groups is 1. The highest BCUT2D eigenvalue weighted by Gasteiger charge is 2.11. The highest BCUT2D eigenvalue weighted by Crippen LogP contribution is 2.24. The predicted molar refractivity (Wildman–Crippen MR) is 89.5 cm³/mol. The third-order valence-electron chi connectivity index (χ3n) is 3.37. The van der Waals surface area contributed by atoms with Crippen molar-refractivity contribution in [1.29, 1.82) is 0 Å². The molecule has 0 unspecified atom stereocenters. The molecule has 116 valence electrons. The van der Waals surface area contributed by atoms with E-state index in [0.717, 1.165) is 44.1 Å². The monoisotopic (exact) mass is 310 g/mol. The van der Waals surface area contributed by atoms with Gasteiger partial charge in [-0.2, -0.15) is 11.8 Å². The Morgan fingerprint density at radius 3 is 2.52 bits per heavy atom. The van der Waals surface area contributed by atoms with Crippen molar-refractivity contribution in [2.24, 2.45) is 0 Å². The van der Waals surface area contributed by atoms with Gasteiger partial charge in [0.05, 0.1) is 4.92 Å². The number of non-ortho nitro benzene ring substituents is 1. The number of nitro groups is 1. The SMILES string of the molecule is CCNc1cc(NCCN2CCSCC2)cc([N+](=O)[O-])c1. The van der Waals surface area contributed by atoms with Gasteiger partial charge >= 0.3 is 0 Å². The molecule has 6 nitrogen and oxygen atoms in total. The van der Waals surface area contributed by atoms with Gasteiger partial charge in [-0.3, -0.25) is 15.0 Å². The second-order valence-corrected chi connectivity index (χ2v) is 6.16. The van der Waals surface area contributed by atoms with Crippen LogP contribution in [0.25, 0.3) is 0 Å². The molecule has 1 heterocycles. The lowest BCUT2D eigenvalue weighted by Gasteiger charge is -2.26. The number of nitro benzene ring substituents is 1. The fraction of sp³-hybridized carbons (Fsp3) is 0.571. The molecule has 0 aliphatic carbocycles. The maximum Gasteiger partial charge on any atom is 0.273 e. The average Bonchev–Trinajstić information content (AvgIpc) is 2.48. The molecule has 1 fully saturated rings. The molecule has 0 spiro atoms. The number of benzene rings is 1. The fourth-order valence-corrected chi connectivity index (χ4v) is 3.29. The Balaban J connectivity index is 1.92. The summed E-state index contributed by atoms with van der Waals surface area (Å²) in [5.74, 6) is 2.39. The van der Waals surface area contributed by atoms with Gasteiger partial charge in [-0.15, -0.1) is 0 Å². The van der Waals surface area contributed by atoms with Gasteiger partial charge in [0.15, 0.2) is 0 Å². The van der Waals surface area contributed by atoms with Gasteiger partial charge in [-0.1, -0.05) is 0 Å². The van der Waals surface area contributed by atoms with E-state index in [2.05, 4.69) is 15.5 Å². The number of nitrogens with zero attached hydrogens (tertiary/aromatic N) is 2. The zero-order valence-corrected chi connectivity index (χ0v) is 13.1. The van der Waals surface area contributed by atoms with E-state index in [1.165, 1.54) is 11.5 Å². The van der Waals surface area contributed by atoms with Crippen LogP contribution in [0.5, 0.6) is 0 Å². The third kappa shape index (κ3) is 5.09. The molecule has 0 atom stereocenters. The number of rotatable bonds is 7. The molecule has 2 rings (SSSR count). The third-order valence-corrected chi connectivity index (χ3v) is 4.31. The maximum atomic E-state index is 11.0. The zero-order valence-electron chi connectivity index (χ0n) is 12.3. The number of nitrogens with one attached hydrogen (secondary N) is 2. The molecule has 21 heavy (non-hydrogen) atoms. The summed E-state index contributed by atoms with van der Waals surface area (Å²) >= 11 is 2.00. The molecule has 0 amide bonds. The van der Waals surface area contributed by atoms with Gasteiger partial charge in [-0.25, -0.2) is 0 Å². The van der Waals surface area contributed by atoms with Crippen LogP contribution in [0.3, 0.4) is 0 Å². The lowest BCUT2D eigenvalue weighted by atomic mass is 10.2. The molecule has 2 N–H and O–H groups in total. The van der Waals surface area contributed by atoms with E-state index in [1.807, 2.05) is 24.8 Å². The summed E-state index contributed by atoms with van der Waals surface area (Å²) in [6, 6.07) is 5.08. The van der Waals surface area contributed by atoms with Crippen molar-refractivity contribution >= 4 is 28.8 Å². The second kappa shape index (κ2) is 8.09. The van der Waals surface area contributed by atoms with Crippen molar-refractivity contribution in [3.8, 4) is 0 Å². The summed E-state index contributed by atoms with van der Waals surface area (Å²) in [5, 5.41) is 17.4. The van der Waals surface area contributed by atoms with Gasteiger partial charge in [0.2, 0.25) is 0 Å². The first kappa shape index (κ1) is 15.9. The van der Waals surface area contributed by atoms with Gasteiger partial charge in [-0.05, 0) is 13.0 Å². The molecule has 1 aromatic rings. The summed E-state index contributed by atoms with van der Waals surface area (Å²) in [5.41, 5.74) is 1.69. The number of anilines is 2. The Labute approximate surface area is 129 Å². The molecule has 0 bridgehead atoms. The van der Waals surface area contributed by atoms with Crippen LogP contribution in [0.15, 0.2) is 18.2 Å². The Hall–Kier alpha value is -1.47. The molecule has 1 aromatic carbocycles.